The third-order valence-corrected chi connectivity index (χ3v) is 7.29. The Balaban J connectivity index is 1.40. The first-order valence-corrected chi connectivity index (χ1v) is 11.4. The number of halogens is 1. The largest absolute Gasteiger partial charge is 0.207 e. The summed E-state index contributed by atoms with van der Waals surface area (Å²) in [6, 6.07) is 5.49. The Morgan fingerprint density at radius 2 is 1.48 bits per heavy atom. The number of benzene rings is 1. The maximum atomic E-state index is 14.3. The third-order valence-electron chi connectivity index (χ3n) is 7.29. The summed E-state index contributed by atoms with van der Waals surface area (Å²) < 4.78 is 14.3. The van der Waals surface area contributed by atoms with Crippen LogP contribution in [-0.4, -0.2) is 0 Å². The highest BCUT2D eigenvalue weighted by Gasteiger charge is 2.30. The molecule has 0 amide bonds. The smallest absolute Gasteiger partial charge is 0.127 e. The van der Waals surface area contributed by atoms with Crippen molar-refractivity contribution in [1.82, 2.24) is 0 Å². The molecule has 1 heteroatoms. The molecule has 2 aliphatic carbocycles. The molecule has 0 radical (unpaired) electrons. The quantitative estimate of drug-likeness (QED) is 0.455. The zero-order chi connectivity index (χ0) is 19.1. The van der Waals surface area contributed by atoms with Gasteiger partial charge in [-0.05, 0) is 86.8 Å². The lowest BCUT2D eigenvalue weighted by Crippen LogP contribution is -2.26. The molecule has 1 aromatic carbocycles. The predicted molar refractivity (Wildman–Crippen MR) is 113 cm³/mol. The van der Waals surface area contributed by atoms with Crippen LogP contribution in [0.4, 0.5) is 4.39 Å². The molecular weight excluding hydrogens is 331 g/mol. The van der Waals surface area contributed by atoms with Gasteiger partial charge in [0, 0.05) is 5.56 Å². The first-order chi connectivity index (χ1) is 13.2. The van der Waals surface area contributed by atoms with Gasteiger partial charge in [0.1, 0.15) is 5.82 Å². The van der Waals surface area contributed by atoms with E-state index in [1.165, 1.54) is 64.2 Å². The summed E-state index contributed by atoms with van der Waals surface area (Å²) in [5.74, 6) is 9.50. The summed E-state index contributed by atoms with van der Waals surface area (Å²) in [5, 5.41) is 0. The number of rotatable bonds is 6. The van der Waals surface area contributed by atoms with E-state index in [0.717, 1.165) is 47.6 Å². The van der Waals surface area contributed by atoms with Crippen molar-refractivity contribution < 1.29 is 4.39 Å². The monoisotopic (exact) mass is 368 g/mol. The summed E-state index contributed by atoms with van der Waals surface area (Å²) in [4.78, 5) is 0. The predicted octanol–water partition coefficient (Wildman–Crippen LogP) is 7.54. The molecule has 27 heavy (non-hydrogen) atoms. The standard InChI is InChI=1S/C26H37F/c1-3-5-20-7-13-23(14-8-20)24-15-9-21(10-16-24)11-17-25-18-12-22(6-4-2)19-26(25)27/h12,18-21,23-24H,3,5,7-11,13-17H2,1-2H3/t20-,21?,23-,24?. The molecule has 0 saturated heterocycles. The number of hydrogen-bond acceptors (Lipinski definition) is 0. The molecule has 3 rings (SSSR count). The van der Waals surface area contributed by atoms with Crippen LogP contribution in [0.3, 0.4) is 0 Å². The van der Waals surface area contributed by atoms with Gasteiger partial charge in [0.2, 0.25) is 0 Å². The van der Waals surface area contributed by atoms with Gasteiger partial charge < -0.3 is 0 Å². The van der Waals surface area contributed by atoms with Crippen molar-refractivity contribution in [2.24, 2.45) is 23.7 Å². The molecule has 0 atom stereocenters. The van der Waals surface area contributed by atoms with Crippen molar-refractivity contribution in [3.05, 3.63) is 35.1 Å². The molecule has 0 spiro atoms. The zero-order valence-corrected chi connectivity index (χ0v) is 17.4. The molecule has 0 aliphatic heterocycles. The fourth-order valence-corrected chi connectivity index (χ4v) is 5.64. The fourth-order valence-electron chi connectivity index (χ4n) is 5.64. The second-order valence-corrected chi connectivity index (χ2v) is 9.07. The van der Waals surface area contributed by atoms with E-state index in [0.29, 0.717) is 0 Å². The minimum atomic E-state index is -0.0761. The zero-order valence-electron chi connectivity index (χ0n) is 17.4. The first-order valence-electron chi connectivity index (χ1n) is 11.4. The van der Waals surface area contributed by atoms with E-state index in [-0.39, 0.29) is 5.82 Å². The summed E-state index contributed by atoms with van der Waals surface area (Å²) >= 11 is 0. The molecule has 0 aromatic heterocycles. The maximum absolute atomic E-state index is 14.3. The summed E-state index contributed by atoms with van der Waals surface area (Å²) in [6.07, 6.45) is 16.3. The second kappa shape index (κ2) is 10.3. The Bertz CT molecular complexity index is 634. The van der Waals surface area contributed by atoms with Crippen LogP contribution in [0.2, 0.25) is 0 Å². The van der Waals surface area contributed by atoms with Crippen LogP contribution < -0.4 is 0 Å². The lowest BCUT2D eigenvalue weighted by Gasteiger charge is -2.38. The summed E-state index contributed by atoms with van der Waals surface area (Å²) in [5.41, 5.74) is 1.65. The van der Waals surface area contributed by atoms with Gasteiger partial charge in [-0.1, -0.05) is 57.4 Å². The SMILES string of the molecule is CC#Cc1ccc(CCC2CCC([C@H]3CC[C@H](CCC)CC3)CC2)c(F)c1. The van der Waals surface area contributed by atoms with Crippen molar-refractivity contribution in [1.29, 1.82) is 0 Å². The molecular formula is C26H37F. The van der Waals surface area contributed by atoms with Crippen molar-refractivity contribution in [2.75, 3.05) is 0 Å². The van der Waals surface area contributed by atoms with E-state index in [4.69, 9.17) is 0 Å². The lowest BCUT2D eigenvalue weighted by molar-refractivity contribution is 0.141. The van der Waals surface area contributed by atoms with E-state index in [9.17, 15) is 4.39 Å². The highest BCUT2D eigenvalue weighted by molar-refractivity contribution is 5.36. The summed E-state index contributed by atoms with van der Waals surface area (Å²) in [6.45, 7) is 4.12. The highest BCUT2D eigenvalue weighted by Crippen LogP contribution is 2.42. The fraction of sp³-hybridized carbons (Fsp3) is 0.692. The van der Waals surface area contributed by atoms with Crippen LogP contribution in [0, 0.1) is 41.3 Å². The second-order valence-electron chi connectivity index (χ2n) is 9.07. The van der Waals surface area contributed by atoms with Gasteiger partial charge in [-0.25, -0.2) is 4.39 Å². The van der Waals surface area contributed by atoms with E-state index < -0.39 is 0 Å². The summed E-state index contributed by atoms with van der Waals surface area (Å²) in [7, 11) is 0. The van der Waals surface area contributed by atoms with Crippen LogP contribution in [0.1, 0.15) is 95.6 Å². The average Bonchev–Trinajstić information content (AvgIpc) is 2.69. The minimum Gasteiger partial charge on any atom is -0.207 e. The van der Waals surface area contributed by atoms with Crippen LogP contribution in [0.15, 0.2) is 18.2 Å². The van der Waals surface area contributed by atoms with Gasteiger partial charge in [-0.2, -0.15) is 0 Å². The third kappa shape index (κ3) is 5.84. The molecule has 148 valence electrons. The van der Waals surface area contributed by atoms with E-state index in [2.05, 4.69) is 18.8 Å². The molecule has 2 aliphatic rings. The molecule has 0 N–H and O–H groups in total. The van der Waals surface area contributed by atoms with Crippen LogP contribution in [0.25, 0.3) is 0 Å². The molecule has 2 saturated carbocycles. The molecule has 2 fully saturated rings. The van der Waals surface area contributed by atoms with Gasteiger partial charge in [0.25, 0.3) is 0 Å². The van der Waals surface area contributed by atoms with Crippen molar-refractivity contribution in [3.63, 3.8) is 0 Å². The van der Waals surface area contributed by atoms with E-state index in [1.54, 1.807) is 13.0 Å². The Morgan fingerprint density at radius 3 is 2.00 bits per heavy atom. The minimum absolute atomic E-state index is 0.0761. The topological polar surface area (TPSA) is 0 Å². The Labute approximate surface area is 166 Å². The Morgan fingerprint density at radius 1 is 0.889 bits per heavy atom. The van der Waals surface area contributed by atoms with Crippen LogP contribution >= 0.6 is 0 Å². The molecule has 0 heterocycles. The van der Waals surface area contributed by atoms with E-state index in [1.807, 2.05) is 12.1 Å². The van der Waals surface area contributed by atoms with Gasteiger partial charge in [0.05, 0.1) is 0 Å². The normalized spacial score (nSPS) is 28.4. The molecule has 0 nitrogen and oxygen atoms in total. The van der Waals surface area contributed by atoms with Crippen molar-refractivity contribution in [3.8, 4) is 11.8 Å². The van der Waals surface area contributed by atoms with Crippen molar-refractivity contribution in [2.45, 2.75) is 90.9 Å². The molecule has 0 unspecified atom stereocenters. The molecule has 0 bridgehead atoms. The Kier molecular flexibility index (Phi) is 7.81. The lowest BCUT2D eigenvalue weighted by atomic mass is 9.68. The highest BCUT2D eigenvalue weighted by atomic mass is 19.1. The molecule has 1 aromatic rings. The first kappa shape index (κ1) is 20.4. The van der Waals surface area contributed by atoms with Crippen LogP contribution in [0.5, 0.6) is 0 Å². The van der Waals surface area contributed by atoms with Gasteiger partial charge >= 0.3 is 0 Å². The average molecular weight is 369 g/mol. The van der Waals surface area contributed by atoms with Crippen molar-refractivity contribution >= 4 is 0 Å². The van der Waals surface area contributed by atoms with E-state index >= 15 is 0 Å². The van der Waals surface area contributed by atoms with Crippen LogP contribution in [-0.2, 0) is 6.42 Å². The number of aryl methyl sites for hydroxylation is 1. The van der Waals surface area contributed by atoms with Gasteiger partial charge in [-0.3, -0.25) is 0 Å². The number of hydrogen-bond donors (Lipinski definition) is 0. The maximum Gasteiger partial charge on any atom is 0.127 e. The Hall–Kier alpha value is -1.29. The van der Waals surface area contributed by atoms with Gasteiger partial charge in [0.15, 0.2) is 0 Å². The van der Waals surface area contributed by atoms with Gasteiger partial charge in [-0.15, -0.1) is 5.92 Å².